The van der Waals surface area contributed by atoms with Gasteiger partial charge in [0.1, 0.15) is 0 Å². The first-order valence-electron chi connectivity index (χ1n) is 8.28. The molecule has 0 aliphatic heterocycles. The fraction of sp³-hybridized carbons (Fsp3) is 0.300. The monoisotopic (exact) mass is 374 g/mol. The molecule has 1 atom stereocenters. The van der Waals surface area contributed by atoms with E-state index in [9.17, 15) is 18.0 Å². The van der Waals surface area contributed by atoms with Gasteiger partial charge in [-0.3, -0.25) is 4.79 Å². The van der Waals surface area contributed by atoms with E-state index < -0.39 is 21.9 Å². The second-order valence-electron chi connectivity index (χ2n) is 6.21. The van der Waals surface area contributed by atoms with Crippen molar-refractivity contribution in [3.05, 3.63) is 64.7 Å². The number of carbonyl (C=O) groups excluding carboxylic acids is 2. The molecule has 0 radical (unpaired) electrons. The maximum absolute atomic E-state index is 12.4. The Morgan fingerprint density at radius 3 is 2.23 bits per heavy atom. The molecule has 0 heterocycles. The molecule has 2 aromatic carbocycles. The van der Waals surface area contributed by atoms with Crippen molar-refractivity contribution in [1.82, 2.24) is 0 Å². The van der Waals surface area contributed by atoms with E-state index in [0.29, 0.717) is 11.1 Å². The van der Waals surface area contributed by atoms with E-state index >= 15 is 0 Å². The Labute approximate surface area is 153 Å². The summed E-state index contributed by atoms with van der Waals surface area (Å²) in [5.74, 6) is -1.03. The minimum atomic E-state index is -3.44. The van der Waals surface area contributed by atoms with Gasteiger partial charge in [-0.15, -0.1) is 0 Å². The summed E-state index contributed by atoms with van der Waals surface area (Å²) in [6, 6.07) is 11.4. The third-order valence-corrected chi connectivity index (χ3v) is 5.27. The fourth-order valence-corrected chi connectivity index (χ4v) is 3.12. The van der Waals surface area contributed by atoms with E-state index in [1.165, 1.54) is 19.1 Å². The zero-order chi connectivity index (χ0) is 19.5. The predicted octanol–water partition coefficient (Wildman–Crippen LogP) is 3.39. The molecule has 138 valence electrons. The van der Waals surface area contributed by atoms with Crippen LogP contribution in [0.1, 0.15) is 45.7 Å². The van der Waals surface area contributed by atoms with Crippen LogP contribution >= 0.6 is 0 Å². The molecule has 0 fully saturated rings. The molecule has 0 spiro atoms. The number of carbonyl (C=O) groups is 2. The smallest absolute Gasteiger partial charge is 0.339 e. The largest absolute Gasteiger partial charge is 0.451 e. The van der Waals surface area contributed by atoms with Gasteiger partial charge in [0.15, 0.2) is 15.9 Å². The number of hydrogen-bond acceptors (Lipinski definition) is 5. The lowest BCUT2D eigenvalue weighted by Gasteiger charge is -2.14. The average Bonchev–Trinajstić information content (AvgIpc) is 2.60. The molecule has 0 saturated carbocycles. The van der Waals surface area contributed by atoms with Crippen LogP contribution in [0.25, 0.3) is 0 Å². The van der Waals surface area contributed by atoms with Gasteiger partial charge in [0.25, 0.3) is 0 Å². The Morgan fingerprint density at radius 2 is 1.69 bits per heavy atom. The maximum atomic E-state index is 12.4. The van der Waals surface area contributed by atoms with Crippen LogP contribution < -0.4 is 0 Å². The second-order valence-corrected chi connectivity index (χ2v) is 8.23. The quantitative estimate of drug-likeness (QED) is 0.572. The molecule has 0 aromatic heterocycles. The number of ketones is 1. The Morgan fingerprint density at radius 1 is 1.08 bits per heavy atom. The van der Waals surface area contributed by atoms with Crippen LogP contribution in [-0.4, -0.2) is 32.5 Å². The summed E-state index contributed by atoms with van der Waals surface area (Å²) in [5, 5.41) is 0. The van der Waals surface area contributed by atoms with Gasteiger partial charge in [-0.1, -0.05) is 37.3 Å². The van der Waals surface area contributed by atoms with E-state index in [4.69, 9.17) is 4.74 Å². The molecule has 0 aliphatic carbocycles. The maximum Gasteiger partial charge on any atom is 0.339 e. The third-order valence-electron chi connectivity index (χ3n) is 4.16. The molecule has 0 amide bonds. The van der Waals surface area contributed by atoms with Crippen LogP contribution in [-0.2, 0) is 21.0 Å². The van der Waals surface area contributed by atoms with Gasteiger partial charge < -0.3 is 4.74 Å². The zero-order valence-electron chi connectivity index (χ0n) is 15.3. The van der Waals surface area contributed by atoms with Crippen molar-refractivity contribution in [2.45, 2.75) is 38.2 Å². The van der Waals surface area contributed by atoms with Gasteiger partial charge in [-0.25, -0.2) is 13.2 Å². The van der Waals surface area contributed by atoms with Crippen molar-refractivity contribution in [2.24, 2.45) is 0 Å². The Hall–Kier alpha value is -2.47. The number of sulfone groups is 1. The molecular formula is C20H22O5S. The first-order chi connectivity index (χ1) is 12.1. The summed E-state index contributed by atoms with van der Waals surface area (Å²) in [4.78, 5) is 24.9. The standard InChI is InChI=1S/C20H22O5S/c1-5-15-7-9-16(10-8-15)19(21)14(3)25-20(22)18-12-17(26(4,23)24)11-6-13(18)2/h6-12,14H,5H2,1-4H3. The number of rotatable bonds is 6. The van der Waals surface area contributed by atoms with Gasteiger partial charge >= 0.3 is 5.97 Å². The van der Waals surface area contributed by atoms with Gasteiger partial charge in [0, 0.05) is 11.8 Å². The van der Waals surface area contributed by atoms with Gasteiger partial charge in [0.2, 0.25) is 5.78 Å². The predicted molar refractivity (Wildman–Crippen MR) is 99.3 cm³/mol. The number of benzene rings is 2. The summed E-state index contributed by atoms with van der Waals surface area (Å²) < 4.78 is 28.6. The van der Waals surface area contributed by atoms with E-state index in [2.05, 4.69) is 0 Å². The van der Waals surface area contributed by atoms with Crippen LogP contribution in [0.4, 0.5) is 0 Å². The number of hydrogen-bond donors (Lipinski definition) is 0. The molecule has 26 heavy (non-hydrogen) atoms. The topological polar surface area (TPSA) is 77.5 Å². The summed E-state index contributed by atoms with van der Waals surface area (Å²) >= 11 is 0. The van der Waals surface area contributed by atoms with Crippen molar-refractivity contribution < 1.29 is 22.7 Å². The highest BCUT2D eigenvalue weighted by molar-refractivity contribution is 7.90. The van der Waals surface area contributed by atoms with Crippen molar-refractivity contribution in [3.63, 3.8) is 0 Å². The van der Waals surface area contributed by atoms with Crippen molar-refractivity contribution >= 4 is 21.6 Å². The lowest BCUT2D eigenvalue weighted by molar-refractivity contribution is 0.0318. The number of ether oxygens (including phenoxy) is 1. The lowest BCUT2D eigenvalue weighted by Crippen LogP contribution is -2.25. The SMILES string of the molecule is CCc1ccc(C(=O)C(C)OC(=O)c2cc(S(C)(=O)=O)ccc2C)cc1. The highest BCUT2D eigenvalue weighted by Crippen LogP contribution is 2.18. The zero-order valence-corrected chi connectivity index (χ0v) is 16.1. The first kappa shape index (κ1) is 19.8. The van der Waals surface area contributed by atoms with E-state index in [0.717, 1.165) is 18.2 Å². The second kappa shape index (κ2) is 7.83. The normalized spacial score (nSPS) is 12.5. The van der Waals surface area contributed by atoms with Crippen LogP contribution in [0.2, 0.25) is 0 Å². The van der Waals surface area contributed by atoms with Crippen molar-refractivity contribution in [1.29, 1.82) is 0 Å². The highest BCUT2D eigenvalue weighted by atomic mass is 32.2. The van der Waals surface area contributed by atoms with Gasteiger partial charge in [-0.05, 0) is 43.5 Å². The van der Waals surface area contributed by atoms with Crippen LogP contribution in [0, 0.1) is 6.92 Å². The molecule has 0 bridgehead atoms. The van der Waals surface area contributed by atoms with Gasteiger partial charge in [-0.2, -0.15) is 0 Å². The molecule has 6 heteroatoms. The Kier molecular flexibility index (Phi) is 5.97. The summed E-state index contributed by atoms with van der Waals surface area (Å²) in [5.41, 5.74) is 2.28. The Bertz CT molecular complexity index is 927. The van der Waals surface area contributed by atoms with Crippen LogP contribution in [0.3, 0.4) is 0 Å². The summed E-state index contributed by atoms with van der Waals surface area (Å²) in [7, 11) is -3.44. The molecule has 1 unspecified atom stereocenters. The minimum Gasteiger partial charge on any atom is -0.451 e. The molecule has 5 nitrogen and oxygen atoms in total. The van der Waals surface area contributed by atoms with E-state index in [1.54, 1.807) is 25.1 Å². The number of esters is 1. The third kappa shape index (κ3) is 4.58. The number of Topliss-reactive ketones (excluding diaryl/α,β-unsaturated/α-hetero) is 1. The Balaban J connectivity index is 2.19. The lowest BCUT2D eigenvalue weighted by atomic mass is 10.0. The minimum absolute atomic E-state index is 0.0317. The van der Waals surface area contributed by atoms with Crippen molar-refractivity contribution in [3.8, 4) is 0 Å². The highest BCUT2D eigenvalue weighted by Gasteiger charge is 2.22. The van der Waals surface area contributed by atoms with Crippen LogP contribution in [0.15, 0.2) is 47.4 Å². The molecular weight excluding hydrogens is 352 g/mol. The molecule has 0 saturated heterocycles. The molecule has 0 N–H and O–H groups in total. The molecule has 2 rings (SSSR count). The first-order valence-corrected chi connectivity index (χ1v) is 10.2. The van der Waals surface area contributed by atoms with Gasteiger partial charge in [0.05, 0.1) is 10.5 Å². The van der Waals surface area contributed by atoms with E-state index in [-0.39, 0.29) is 16.2 Å². The summed E-state index contributed by atoms with van der Waals surface area (Å²) in [6.45, 7) is 5.20. The molecule has 2 aromatic rings. The number of aryl methyl sites for hydroxylation is 2. The molecule has 0 aliphatic rings. The van der Waals surface area contributed by atoms with Crippen LogP contribution in [0.5, 0.6) is 0 Å². The summed E-state index contributed by atoms with van der Waals surface area (Å²) in [6.07, 6.45) is 0.963. The van der Waals surface area contributed by atoms with E-state index in [1.807, 2.05) is 19.1 Å². The van der Waals surface area contributed by atoms with Crippen molar-refractivity contribution in [2.75, 3.05) is 6.26 Å². The fourth-order valence-electron chi connectivity index (χ4n) is 2.47. The average molecular weight is 374 g/mol.